The van der Waals surface area contributed by atoms with Crippen molar-refractivity contribution >= 4 is 22.1 Å². The zero-order valence-corrected chi connectivity index (χ0v) is 11.9. The van der Waals surface area contributed by atoms with E-state index in [0.29, 0.717) is 6.54 Å². The van der Waals surface area contributed by atoms with Crippen molar-refractivity contribution in [2.45, 2.75) is 37.9 Å². The number of aliphatic hydroxyl groups excluding tert-OH is 1. The van der Waals surface area contributed by atoms with Crippen LogP contribution in [0.15, 0.2) is 11.6 Å². The van der Waals surface area contributed by atoms with Gasteiger partial charge in [-0.25, -0.2) is 4.98 Å². The third-order valence-corrected chi connectivity index (χ3v) is 4.67. The van der Waals surface area contributed by atoms with Gasteiger partial charge < -0.3 is 15.1 Å². The van der Waals surface area contributed by atoms with Crippen LogP contribution in [0.5, 0.6) is 0 Å². The molecular weight excluding hydrogens is 262 g/mol. The lowest BCUT2D eigenvalue weighted by Gasteiger charge is -2.29. The fraction of sp³-hybridized carbons (Fsp3) is 0.615. The molecule has 0 atom stereocenters. The van der Waals surface area contributed by atoms with E-state index in [9.17, 15) is 10.2 Å². The topological polar surface area (TPSA) is 61.0 Å². The number of rotatable bonds is 4. The van der Waals surface area contributed by atoms with E-state index in [1.807, 2.05) is 27.9 Å². The first-order valence-corrected chi connectivity index (χ1v) is 7.50. The number of anilines is 1. The Morgan fingerprint density at radius 1 is 1.47 bits per heavy atom. The Bertz CT molecular complexity index is 571. The van der Waals surface area contributed by atoms with Crippen molar-refractivity contribution in [1.82, 2.24) is 9.38 Å². The summed E-state index contributed by atoms with van der Waals surface area (Å²) in [6.45, 7) is 0.529. The van der Waals surface area contributed by atoms with Crippen LogP contribution in [0.4, 0.5) is 5.82 Å². The van der Waals surface area contributed by atoms with Gasteiger partial charge in [-0.2, -0.15) is 0 Å². The molecule has 104 valence electrons. The maximum Gasteiger partial charge on any atom is 0.195 e. The number of aromatic nitrogens is 2. The molecule has 1 saturated carbocycles. The van der Waals surface area contributed by atoms with Crippen LogP contribution in [-0.2, 0) is 6.61 Å². The second-order valence-electron chi connectivity index (χ2n) is 5.38. The molecule has 6 heteroatoms. The molecule has 0 aliphatic heterocycles. The summed E-state index contributed by atoms with van der Waals surface area (Å²) in [6, 6.07) is 0. The van der Waals surface area contributed by atoms with Crippen LogP contribution in [0.1, 0.15) is 31.4 Å². The highest BCUT2D eigenvalue weighted by Gasteiger charge is 2.33. The van der Waals surface area contributed by atoms with E-state index in [-0.39, 0.29) is 6.61 Å². The smallest absolute Gasteiger partial charge is 0.195 e. The molecule has 0 unspecified atom stereocenters. The highest BCUT2D eigenvalue weighted by Crippen LogP contribution is 2.32. The van der Waals surface area contributed by atoms with Gasteiger partial charge >= 0.3 is 0 Å². The molecule has 2 aromatic heterocycles. The van der Waals surface area contributed by atoms with E-state index >= 15 is 0 Å². The van der Waals surface area contributed by atoms with Crippen LogP contribution in [0.2, 0.25) is 0 Å². The molecule has 1 aliphatic rings. The van der Waals surface area contributed by atoms with Crippen molar-refractivity contribution in [1.29, 1.82) is 0 Å². The summed E-state index contributed by atoms with van der Waals surface area (Å²) in [6.07, 6.45) is 5.81. The maximum absolute atomic E-state index is 10.5. The Labute approximate surface area is 116 Å². The first-order valence-electron chi connectivity index (χ1n) is 6.62. The Kier molecular flexibility index (Phi) is 3.24. The lowest BCUT2D eigenvalue weighted by Crippen LogP contribution is -2.39. The van der Waals surface area contributed by atoms with Gasteiger partial charge in [0.05, 0.1) is 17.9 Å². The van der Waals surface area contributed by atoms with Gasteiger partial charge in [0, 0.05) is 25.2 Å². The molecule has 0 saturated heterocycles. The van der Waals surface area contributed by atoms with Crippen LogP contribution < -0.4 is 4.90 Å². The predicted molar refractivity (Wildman–Crippen MR) is 75.7 cm³/mol. The first-order chi connectivity index (χ1) is 9.13. The van der Waals surface area contributed by atoms with Crippen LogP contribution in [0, 0.1) is 0 Å². The summed E-state index contributed by atoms with van der Waals surface area (Å²) in [5.41, 5.74) is 0.193. The second-order valence-corrected chi connectivity index (χ2v) is 6.26. The first kappa shape index (κ1) is 12.9. The largest absolute Gasteiger partial charge is 0.390 e. The van der Waals surface area contributed by atoms with E-state index < -0.39 is 5.60 Å². The maximum atomic E-state index is 10.5. The number of likely N-dealkylation sites (N-methyl/N-ethyl adjacent to an activating group) is 1. The normalized spacial score (nSPS) is 18.3. The standard InChI is InChI=1S/C13H19N3O2S/c1-15(9-13(18)4-2-3-5-13)11-10(8-17)16-6-7-19-12(16)14-11/h6-7,17-18H,2-5,8-9H2,1H3. The van der Waals surface area contributed by atoms with Crippen molar-refractivity contribution in [2.24, 2.45) is 0 Å². The summed E-state index contributed by atoms with van der Waals surface area (Å²) in [5, 5.41) is 22.0. The summed E-state index contributed by atoms with van der Waals surface area (Å²) >= 11 is 1.55. The average molecular weight is 281 g/mol. The third kappa shape index (κ3) is 2.24. The van der Waals surface area contributed by atoms with E-state index in [2.05, 4.69) is 4.98 Å². The van der Waals surface area contributed by atoms with E-state index in [1.165, 1.54) is 0 Å². The zero-order valence-electron chi connectivity index (χ0n) is 11.0. The highest BCUT2D eigenvalue weighted by atomic mass is 32.1. The van der Waals surface area contributed by atoms with Crippen molar-refractivity contribution in [3.63, 3.8) is 0 Å². The second kappa shape index (κ2) is 4.77. The number of aliphatic hydroxyl groups is 2. The lowest BCUT2D eigenvalue weighted by atomic mass is 10.0. The Morgan fingerprint density at radius 2 is 2.21 bits per heavy atom. The van der Waals surface area contributed by atoms with Crippen LogP contribution in [-0.4, -0.2) is 38.8 Å². The summed E-state index contributed by atoms with van der Waals surface area (Å²) in [5.74, 6) is 0.773. The molecule has 0 amide bonds. The minimum atomic E-state index is -0.599. The van der Waals surface area contributed by atoms with Gasteiger partial charge in [0.1, 0.15) is 0 Å². The van der Waals surface area contributed by atoms with Gasteiger partial charge in [-0.1, -0.05) is 12.8 Å². The Morgan fingerprint density at radius 3 is 2.89 bits per heavy atom. The number of fused-ring (bicyclic) bond motifs is 1. The fourth-order valence-electron chi connectivity index (χ4n) is 2.98. The van der Waals surface area contributed by atoms with Gasteiger partial charge in [0.25, 0.3) is 0 Å². The van der Waals surface area contributed by atoms with Crippen molar-refractivity contribution < 1.29 is 10.2 Å². The van der Waals surface area contributed by atoms with Crippen LogP contribution >= 0.6 is 11.3 Å². The van der Waals surface area contributed by atoms with Crippen LogP contribution in [0.25, 0.3) is 4.96 Å². The highest BCUT2D eigenvalue weighted by molar-refractivity contribution is 7.15. The predicted octanol–water partition coefficient (Wildman–Crippen LogP) is 1.63. The van der Waals surface area contributed by atoms with Gasteiger partial charge in [0.2, 0.25) is 0 Å². The van der Waals surface area contributed by atoms with E-state index in [4.69, 9.17) is 0 Å². The Hall–Kier alpha value is -1.11. The molecule has 0 spiro atoms. The number of hydrogen-bond acceptors (Lipinski definition) is 5. The molecule has 1 aliphatic carbocycles. The molecule has 5 nitrogen and oxygen atoms in total. The van der Waals surface area contributed by atoms with Gasteiger partial charge in [-0.05, 0) is 12.8 Å². The van der Waals surface area contributed by atoms with E-state index in [0.717, 1.165) is 42.2 Å². The average Bonchev–Trinajstić information content (AvgIpc) is 3.03. The fourth-order valence-corrected chi connectivity index (χ4v) is 3.71. The van der Waals surface area contributed by atoms with E-state index in [1.54, 1.807) is 11.3 Å². The minimum Gasteiger partial charge on any atom is -0.390 e. The molecule has 0 radical (unpaired) electrons. The van der Waals surface area contributed by atoms with Gasteiger partial charge in [-0.15, -0.1) is 11.3 Å². The number of thiazole rings is 1. The monoisotopic (exact) mass is 281 g/mol. The summed E-state index contributed by atoms with van der Waals surface area (Å²) in [7, 11) is 1.93. The summed E-state index contributed by atoms with van der Waals surface area (Å²) in [4.78, 5) is 7.40. The molecule has 0 aromatic carbocycles. The van der Waals surface area contributed by atoms with Gasteiger partial charge in [0.15, 0.2) is 10.8 Å². The minimum absolute atomic E-state index is 0.0456. The zero-order chi connectivity index (χ0) is 13.5. The Balaban J connectivity index is 1.88. The van der Waals surface area contributed by atoms with Crippen LogP contribution in [0.3, 0.4) is 0 Å². The molecule has 2 heterocycles. The number of hydrogen-bond donors (Lipinski definition) is 2. The molecule has 1 fully saturated rings. The number of nitrogens with zero attached hydrogens (tertiary/aromatic N) is 3. The molecule has 2 aromatic rings. The lowest BCUT2D eigenvalue weighted by molar-refractivity contribution is 0.0557. The number of imidazole rings is 1. The van der Waals surface area contributed by atoms with Crippen molar-refractivity contribution in [3.05, 3.63) is 17.3 Å². The molecule has 19 heavy (non-hydrogen) atoms. The van der Waals surface area contributed by atoms with Gasteiger partial charge in [-0.3, -0.25) is 4.40 Å². The SMILES string of the molecule is CN(CC1(O)CCCC1)c1nc2sccn2c1CO. The quantitative estimate of drug-likeness (QED) is 0.894. The molecule has 3 rings (SSSR count). The molecule has 2 N–H and O–H groups in total. The summed E-state index contributed by atoms with van der Waals surface area (Å²) < 4.78 is 1.91. The third-order valence-electron chi connectivity index (χ3n) is 3.92. The van der Waals surface area contributed by atoms with Crippen molar-refractivity contribution in [2.75, 3.05) is 18.5 Å². The van der Waals surface area contributed by atoms with Crippen molar-refractivity contribution in [3.8, 4) is 0 Å². The molecule has 0 bridgehead atoms. The molecular formula is C13H19N3O2S.